The van der Waals surface area contributed by atoms with Crippen LogP contribution in [0.4, 0.5) is 0 Å². The largest absolute Gasteiger partial charge is 0.465 e. The number of esters is 2. The van der Waals surface area contributed by atoms with Gasteiger partial charge in [0.05, 0.1) is 13.2 Å². The quantitative estimate of drug-likeness (QED) is 0.527. The monoisotopic (exact) mass is 388 g/mol. The molecule has 0 aliphatic heterocycles. The van der Waals surface area contributed by atoms with E-state index in [1.807, 2.05) is 72.9 Å². The third kappa shape index (κ3) is 4.54. The fraction of sp³-hybridized carbons (Fsp3) is 0.200. The molecular formula is C25H24O4. The van der Waals surface area contributed by atoms with Gasteiger partial charge in [-0.15, -0.1) is 0 Å². The molecule has 0 fully saturated rings. The first-order valence-corrected chi connectivity index (χ1v) is 9.69. The van der Waals surface area contributed by atoms with Crippen molar-refractivity contribution >= 4 is 18.0 Å². The van der Waals surface area contributed by atoms with Crippen molar-refractivity contribution < 1.29 is 19.1 Å². The Morgan fingerprint density at radius 1 is 0.931 bits per heavy atom. The lowest BCUT2D eigenvalue weighted by Crippen LogP contribution is -2.35. The highest BCUT2D eigenvalue weighted by Gasteiger charge is 2.39. The molecule has 2 aliphatic rings. The predicted octanol–water partition coefficient (Wildman–Crippen LogP) is 4.61. The average Bonchev–Trinajstić information content (AvgIpc) is 2.97. The van der Waals surface area contributed by atoms with Gasteiger partial charge in [-0.25, -0.2) is 4.79 Å². The van der Waals surface area contributed by atoms with Crippen LogP contribution in [0, 0.1) is 0 Å². The van der Waals surface area contributed by atoms with Gasteiger partial charge in [-0.3, -0.25) is 4.79 Å². The minimum atomic E-state index is -0.999. The molecule has 0 saturated heterocycles. The fourth-order valence-corrected chi connectivity index (χ4v) is 3.27. The molecule has 1 unspecified atom stereocenters. The minimum absolute atomic E-state index is 0.304. The van der Waals surface area contributed by atoms with Gasteiger partial charge in [0.1, 0.15) is 5.41 Å². The highest BCUT2D eigenvalue weighted by atomic mass is 16.5. The Morgan fingerprint density at radius 2 is 1.69 bits per heavy atom. The second-order valence-electron chi connectivity index (χ2n) is 6.60. The van der Waals surface area contributed by atoms with Crippen molar-refractivity contribution in [2.24, 2.45) is 0 Å². The fourth-order valence-electron chi connectivity index (χ4n) is 3.27. The van der Waals surface area contributed by atoms with E-state index >= 15 is 0 Å². The van der Waals surface area contributed by atoms with Gasteiger partial charge in [0, 0.05) is 6.08 Å². The molecule has 0 saturated carbocycles. The van der Waals surface area contributed by atoms with Crippen LogP contribution in [0.1, 0.15) is 25.0 Å². The summed E-state index contributed by atoms with van der Waals surface area (Å²) in [6, 6.07) is 7.51. The highest BCUT2D eigenvalue weighted by Crippen LogP contribution is 2.37. The summed E-state index contributed by atoms with van der Waals surface area (Å²) in [6.45, 7) is 4.21. The van der Waals surface area contributed by atoms with Gasteiger partial charge in [-0.1, -0.05) is 72.9 Å². The van der Waals surface area contributed by atoms with Crippen molar-refractivity contribution in [3.63, 3.8) is 0 Å². The SMILES string of the molecule is CCOC(=O)C=Cc1ccc(C2(C(=O)OCC)C=CC3=CC=CC=CC3=C2)cc1. The number of hydrogen-bond donors (Lipinski definition) is 0. The molecule has 2 aliphatic carbocycles. The predicted molar refractivity (Wildman–Crippen MR) is 114 cm³/mol. The van der Waals surface area contributed by atoms with Crippen LogP contribution in [-0.4, -0.2) is 25.2 Å². The molecule has 0 aromatic heterocycles. The summed E-state index contributed by atoms with van der Waals surface area (Å²) >= 11 is 0. The standard InChI is InChI=1S/C25H24O4/c1-3-28-23(26)15-12-19-10-13-22(14-11-19)25(24(27)29-4-2)17-16-20-8-6-5-7-9-21(20)18-25/h5-18H,3-4H2,1-2H3. The molecule has 3 rings (SSSR count). The Labute approximate surface area is 171 Å². The van der Waals surface area contributed by atoms with E-state index in [9.17, 15) is 9.59 Å². The molecule has 1 atom stereocenters. The van der Waals surface area contributed by atoms with Crippen LogP contribution in [0.5, 0.6) is 0 Å². The molecule has 0 spiro atoms. The molecule has 0 heterocycles. The van der Waals surface area contributed by atoms with Crippen LogP contribution in [-0.2, 0) is 24.5 Å². The minimum Gasteiger partial charge on any atom is -0.465 e. The summed E-state index contributed by atoms with van der Waals surface area (Å²) in [5, 5.41) is 0. The van der Waals surface area contributed by atoms with E-state index in [0.29, 0.717) is 13.2 Å². The molecule has 0 amide bonds. The van der Waals surface area contributed by atoms with E-state index in [-0.39, 0.29) is 11.9 Å². The summed E-state index contributed by atoms with van der Waals surface area (Å²) in [5.41, 5.74) is 2.66. The summed E-state index contributed by atoms with van der Waals surface area (Å²) in [7, 11) is 0. The Balaban J connectivity index is 1.97. The highest BCUT2D eigenvalue weighted by molar-refractivity contribution is 5.91. The number of allylic oxidation sites excluding steroid dienone is 8. The third-order valence-corrected chi connectivity index (χ3v) is 4.72. The Hall–Kier alpha value is -3.40. The van der Waals surface area contributed by atoms with Crippen molar-refractivity contribution in [2.75, 3.05) is 13.2 Å². The van der Waals surface area contributed by atoms with Gasteiger partial charge < -0.3 is 9.47 Å². The van der Waals surface area contributed by atoms with Gasteiger partial charge in [0.25, 0.3) is 0 Å². The second-order valence-corrected chi connectivity index (χ2v) is 6.60. The summed E-state index contributed by atoms with van der Waals surface area (Å²) < 4.78 is 10.3. The smallest absolute Gasteiger partial charge is 0.330 e. The van der Waals surface area contributed by atoms with E-state index in [0.717, 1.165) is 22.3 Å². The van der Waals surface area contributed by atoms with Crippen molar-refractivity contribution in [1.29, 1.82) is 0 Å². The lowest BCUT2D eigenvalue weighted by Gasteiger charge is -2.30. The second kappa shape index (κ2) is 9.20. The molecular weight excluding hydrogens is 364 g/mol. The lowest BCUT2D eigenvalue weighted by atomic mass is 9.74. The van der Waals surface area contributed by atoms with Crippen molar-refractivity contribution in [3.05, 3.63) is 101 Å². The van der Waals surface area contributed by atoms with E-state index in [1.54, 1.807) is 19.9 Å². The van der Waals surface area contributed by atoms with Gasteiger partial charge >= 0.3 is 11.9 Å². The number of hydrogen-bond acceptors (Lipinski definition) is 4. The van der Waals surface area contributed by atoms with E-state index < -0.39 is 5.41 Å². The molecule has 1 aromatic rings. The molecule has 4 nitrogen and oxygen atoms in total. The number of fused-ring (bicyclic) bond motifs is 1. The van der Waals surface area contributed by atoms with E-state index in [1.165, 1.54) is 6.08 Å². The van der Waals surface area contributed by atoms with Crippen LogP contribution in [0.2, 0.25) is 0 Å². The molecule has 29 heavy (non-hydrogen) atoms. The first-order chi connectivity index (χ1) is 14.1. The summed E-state index contributed by atoms with van der Waals surface area (Å²) in [5.74, 6) is -0.698. The zero-order valence-corrected chi connectivity index (χ0v) is 16.6. The van der Waals surface area contributed by atoms with Gasteiger partial charge in [0.15, 0.2) is 0 Å². The Bertz CT molecular complexity index is 955. The van der Waals surface area contributed by atoms with Crippen LogP contribution in [0.15, 0.2) is 90.1 Å². The molecule has 4 heteroatoms. The molecule has 1 aromatic carbocycles. The van der Waals surface area contributed by atoms with Crippen LogP contribution in [0.25, 0.3) is 6.08 Å². The van der Waals surface area contributed by atoms with Crippen molar-refractivity contribution in [2.45, 2.75) is 19.3 Å². The first-order valence-electron chi connectivity index (χ1n) is 9.69. The Morgan fingerprint density at radius 3 is 2.41 bits per heavy atom. The third-order valence-electron chi connectivity index (χ3n) is 4.72. The number of carbonyl (C=O) groups excluding carboxylic acids is 2. The average molecular weight is 388 g/mol. The van der Waals surface area contributed by atoms with E-state index in [4.69, 9.17) is 9.47 Å². The summed E-state index contributed by atoms with van der Waals surface area (Å²) in [6.07, 6.45) is 18.8. The zero-order chi connectivity index (χ0) is 20.7. The van der Waals surface area contributed by atoms with Crippen LogP contribution >= 0.6 is 0 Å². The lowest BCUT2D eigenvalue weighted by molar-refractivity contribution is -0.146. The maximum Gasteiger partial charge on any atom is 0.330 e. The topological polar surface area (TPSA) is 52.6 Å². The van der Waals surface area contributed by atoms with Gasteiger partial charge in [-0.2, -0.15) is 0 Å². The number of ether oxygens (including phenoxy) is 2. The number of carbonyl (C=O) groups is 2. The van der Waals surface area contributed by atoms with Crippen LogP contribution in [0.3, 0.4) is 0 Å². The molecule has 0 radical (unpaired) electrons. The maximum atomic E-state index is 13.0. The molecule has 0 N–H and O–H groups in total. The normalized spacial score (nSPS) is 19.9. The maximum absolute atomic E-state index is 13.0. The number of rotatable bonds is 6. The molecule has 0 bridgehead atoms. The van der Waals surface area contributed by atoms with Gasteiger partial charge in [0.2, 0.25) is 0 Å². The van der Waals surface area contributed by atoms with E-state index in [2.05, 4.69) is 0 Å². The van der Waals surface area contributed by atoms with Crippen molar-refractivity contribution in [1.82, 2.24) is 0 Å². The van der Waals surface area contributed by atoms with Gasteiger partial charge in [-0.05, 0) is 42.2 Å². The summed E-state index contributed by atoms with van der Waals surface area (Å²) in [4.78, 5) is 24.5. The zero-order valence-electron chi connectivity index (χ0n) is 16.6. The number of benzene rings is 1. The van der Waals surface area contributed by atoms with Crippen LogP contribution < -0.4 is 0 Å². The molecule has 148 valence electrons. The van der Waals surface area contributed by atoms with Crippen molar-refractivity contribution in [3.8, 4) is 0 Å². The Kier molecular flexibility index (Phi) is 6.45. The first kappa shape index (κ1) is 20.3.